The van der Waals surface area contributed by atoms with E-state index in [1.807, 2.05) is 6.92 Å². The third-order valence-electron chi connectivity index (χ3n) is 3.35. The Kier molecular flexibility index (Phi) is 4.39. The molecule has 3 unspecified atom stereocenters. The van der Waals surface area contributed by atoms with E-state index in [0.717, 1.165) is 12.5 Å². The van der Waals surface area contributed by atoms with E-state index in [9.17, 15) is 4.79 Å². The number of carbonyl (C=O) groups excluding carboxylic acids is 1. The van der Waals surface area contributed by atoms with Crippen molar-refractivity contribution in [1.82, 2.24) is 5.32 Å². The van der Waals surface area contributed by atoms with Crippen LogP contribution in [0.15, 0.2) is 0 Å². The van der Waals surface area contributed by atoms with Gasteiger partial charge in [-0.15, -0.1) is 0 Å². The monoisotopic (exact) mass is 198 g/mol. The molecule has 0 aliphatic heterocycles. The number of nitrogens with one attached hydrogen (secondary N) is 1. The lowest BCUT2D eigenvalue weighted by molar-refractivity contribution is -0.122. The number of nitrogens with two attached hydrogens (primary N) is 1. The third-order valence-corrected chi connectivity index (χ3v) is 3.35. The number of hydrogen-bond acceptors (Lipinski definition) is 2. The van der Waals surface area contributed by atoms with Gasteiger partial charge >= 0.3 is 0 Å². The summed E-state index contributed by atoms with van der Waals surface area (Å²) in [5.74, 6) is 1.43. The molecule has 1 aliphatic carbocycles. The van der Waals surface area contributed by atoms with Crippen LogP contribution in [0.5, 0.6) is 0 Å². The van der Waals surface area contributed by atoms with Crippen molar-refractivity contribution in [3.05, 3.63) is 0 Å². The minimum Gasteiger partial charge on any atom is -0.354 e. The fourth-order valence-corrected chi connectivity index (χ4v) is 2.07. The molecule has 3 nitrogen and oxygen atoms in total. The van der Waals surface area contributed by atoms with E-state index < -0.39 is 0 Å². The molecule has 1 saturated carbocycles. The van der Waals surface area contributed by atoms with E-state index in [1.165, 1.54) is 19.3 Å². The molecule has 0 radical (unpaired) electrons. The molecule has 0 bridgehead atoms. The summed E-state index contributed by atoms with van der Waals surface area (Å²) in [4.78, 5) is 11.4. The maximum Gasteiger partial charge on any atom is 0.236 e. The molecule has 0 heterocycles. The largest absolute Gasteiger partial charge is 0.354 e. The predicted molar refractivity (Wildman–Crippen MR) is 57.8 cm³/mol. The lowest BCUT2D eigenvalue weighted by Gasteiger charge is -2.17. The summed E-state index contributed by atoms with van der Waals surface area (Å²) < 4.78 is 0. The van der Waals surface area contributed by atoms with Gasteiger partial charge in [-0.3, -0.25) is 4.79 Å². The summed E-state index contributed by atoms with van der Waals surface area (Å²) in [6.45, 7) is 5.01. The highest BCUT2D eigenvalue weighted by atomic mass is 16.2. The van der Waals surface area contributed by atoms with Gasteiger partial charge in [0.15, 0.2) is 0 Å². The Hall–Kier alpha value is -0.570. The molecule has 3 N–H and O–H groups in total. The Morgan fingerprint density at radius 2 is 2.29 bits per heavy atom. The van der Waals surface area contributed by atoms with Crippen LogP contribution in [0.4, 0.5) is 0 Å². The Bertz CT molecular complexity index is 194. The third kappa shape index (κ3) is 2.98. The van der Waals surface area contributed by atoms with Crippen LogP contribution in [0.25, 0.3) is 0 Å². The number of rotatable bonds is 4. The van der Waals surface area contributed by atoms with Gasteiger partial charge in [0.05, 0.1) is 6.04 Å². The molecule has 0 aromatic carbocycles. The molecule has 1 fully saturated rings. The van der Waals surface area contributed by atoms with Gasteiger partial charge < -0.3 is 11.1 Å². The summed E-state index contributed by atoms with van der Waals surface area (Å²) in [7, 11) is 0. The maximum atomic E-state index is 11.4. The zero-order valence-corrected chi connectivity index (χ0v) is 9.25. The van der Waals surface area contributed by atoms with Crippen molar-refractivity contribution in [3.8, 4) is 0 Å². The van der Waals surface area contributed by atoms with E-state index in [-0.39, 0.29) is 11.9 Å². The zero-order chi connectivity index (χ0) is 10.6. The summed E-state index contributed by atoms with van der Waals surface area (Å²) >= 11 is 0. The first kappa shape index (κ1) is 11.5. The summed E-state index contributed by atoms with van der Waals surface area (Å²) in [5.41, 5.74) is 5.62. The Morgan fingerprint density at radius 3 is 2.79 bits per heavy atom. The van der Waals surface area contributed by atoms with Gasteiger partial charge in [0.2, 0.25) is 5.91 Å². The highest BCUT2D eigenvalue weighted by Gasteiger charge is 2.24. The summed E-state index contributed by atoms with van der Waals surface area (Å²) in [5, 5.41) is 2.94. The molecular formula is C11H22N2O. The Labute approximate surface area is 86.4 Å². The zero-order valence-electron chi connectivity index (χ0n) is 9.25. The molecule has 0 aromatic heterocycles. The van der Waals surface area contributed by atoms with E-state index in [4.69, 9.17) is 5.73 Å². The van der Waals surface area contributed by atoms with Gasteiger partial charge in [0.25, 0.3) is 0 Å². The normalized spacial score (nSPS) is 28.8. The van der Waals surface area contributed by atoms with Crippen LogP contribution in [0.1, 0.15) is 39.5 Å². The van der Waals surface area contributed by atoms with Gasteiger partial charge in [-0.25, -0.2) is 0 Å². The number of carbonyl (C=O) groups is 1. The quantitative estimate of drug-likeness (QED) is 0.715. The van der Waals surface area contributed by atoms with Gasteiger partial charge in [-0.2, -0.15) is 0 Å². The predicted octanol–water partition coefficient (Wildman–Crippen LogP) is 1.28. The standard InChI is InChI=1S/C11H22N2O/c1-3-10(12)11(14)13-7-9-6-4-5-8(9)2/h8-10H,3-7,12H2,1-2H3,(H,13,14). The maximum absolute atomic E-state index is 11.4. The molecule has 0 spiro atoms. The topological polar surface area (TPSA) is 55.1 Å². The van der Waals surface area contributed by atoms with Crippen LogP contribution in [-0.2, 0) is 4.79 Å². The minimum absolute atomic E-state index is 0.00611. The average molecular weight is 198 g/mol. The van der Waals surface area contributed by atoms with Crippen LogP contribution in [0.2, 0.25) is 0 Å². The summed E-state index contributed by atoms with van der Waals surface area (Å²) in [6.07, 6.45) is 4.58. The fourth-order valence-electron chi connectivity index (χ4n) is 2.07. The fraction of sp³-hybridized carbons (Fsp3) is 0.909. The van der Waals surface area contributed by atoms with Crippen LogP contribution in [0.3, 0.4) is 0 Å². The minimum atomic E-state index is -0.327. The number of amides is 1. The van der Waals surface area contributed by atoms with Crippen molar-refractivity contribution >= 4 is 5.91 Å². The SMILES string of the molecule is CCC(N)C(=O)NCC1CCCC1C. The summed E-state index contributed by atoms with van der Waals surface area (Å²) in [6, 6.07) is -0.327. The molecule has 1 aliphatic rings. The molecule has 3 heteroatoms. The highest BCUT2D eigenvalue weighted by molar-refractivity contribution is 5.81. The van der Waals surface area contributed by atoms with Gasteiger partial charge in [0.1, 0.15) is 0 Å². The van der Waals surface area contributed by atoms with Crippen LogP contribution >= 0.6 is 0 Å². The van der Waals surface area contributed by atoms with Gasteiger partial charge in [0, 0.05) is 6.54 Å². The first-order valence-corrected chi connectivity index (χ1v) is 5.68. The first-order chi connectivity index (χ1) is 6.65. The van der Waals surface area contributed by atoms with Gasteiger partial charge in [-0.1, -0.05) is 26.7 Å². The second-order valence-electron chi connectivity index (χ2n) is 4.43. The lowest BCUT2D eigenvalue weighted by atomic mass is 9.98. The van der Waals surface area contributed by atoms with Crippen molar-refractivity contribution < 1.29 is 4.79 Å². The van der Waals surface area contributed by atoms with E-state index in [2.05, 4.69) is 12.2 Å². The molecule has 0 aromatic rings. The van der Waals surface area contributed by atoms with Crippen LogP contribution in [-0.4, -0.2) is 18.5 Å². The number of hydrogen-bond donors (Lipinski definition) is 2. The molecular weight excluding hydrogens is 176 g/mol. The van der Waals surface area contributed by atoms with Crippen LogP contribution in [0, 0.1) is 11.8 Å². The van der Waals surface area contributed by atoms with Crippen molar-refractivity contribution in [3.63, 3.8) is 0 Å². The van der Waals surface area contributed by atoms with E-state index >= 15 is 0 Å². The molecule has 3 atom stereocenters. The Balaban J connectivity index is 2.22. The van der Waals surface area contributed by atoms with Crippen molar-refractivity contribution in [2.24, 2.45) is 17.6 Å². The Morgan fingerprint density at radius 1 is 1.57 bits per heavy atom. The molecule has 1 amide bonds. The van der Waals surface area contributed by atoms with Crippen molar-refractivity contribution in [1.29, 1.82) is 0 Å². The van der Waals surface area contributed by atoms with Crippen LogP contribution < -0.4 is 11.1 Å². The van der Waals surface area contributed by atoms with E-state index in [1.54, 1.807) is 0 Å². The lowest BCUT2D eigenvalue weighted by Crippen LogP contribution is -2.42. The first-order valence-electron chi connectivity index (χ1n) is 5.68. The van der Waals surface area contributed by atoms with E-state index in [0.29, 0.717) is 12.3 Å². The second kappa shape index (κ2) is 5.35. The van der Waals surface area contributed by atoms with Gasteiger partial charge in [-0.05, 0) is 24.7 Å². The smallest absolute Gasteiger partial charge is 0.236 e. The molecule has 0 saturated heterocycles. The average Bonchev–Trinajstić information content (AvgIpc) is 2.59. The second-order valence-corrected chi connectivity index (χ2v) is 4.43. The molecule has 14 heavy (non-hydrogen) atoms. The van der Waals surface area contributed by atoms with Crippen molar-refractivity contribution in [2.45, 2.75) is 45.6 Å². The molecule has 82 valence electrons. The molecule has 1 rings (SSSR count). The van der Waals surface area contributed by atoms with Crippen molar-refractivity contribution in [2.75, 3.05) is 6.54 Å². The highest BCUT2D eigenvalue weighted by Crippen LogP contribution is 2.30.